The van der Waals surface area contributed by atoms with Gasteiger partial charge in [0.15, 0.2) is 0 Å². The molecule has 7 nitrogen and oxygen atoms in total. The zero-order chi connectivity index (χ0) is 27.4. The molecule has 39 heavy (non-hydrogen) atoms. The van der Waals surface area contributed by atoms with E-state index in [9.17, 15) is 14.0 Å². The molecule has 1 heterocycles. The van der Waals surface area contributed by atoms with Gasteiger partial charge in [-0.3, -0.25) is 9.36 Å². The fourth-order valence-corrected chi connectivity index (χ4v) is 4.51. The van der Waals surface area contributed by atoms with Crippen molar-refractivity contribution in [3.8, 4) is 11.4 Å². The fraction of sp³-hybridized carbons (Fsp3) is 0.129. The van der Waals surface area contributed by atoms with Crippen molar-refractivity contribution in [2.75, 3.05) is 12.4 Å². The van der Waals surface area contributed by atoms with Crippen LogP contribution in [0.2, 0.25) is 0 Å². The summed E-state index contributed by atoms with van der Waals surface area (Å²) in [5.74, 6) is 0.443. The molecule has 196 valence electrons. The maximum absolute atomic E-state index is 13.8. The molecule has 0 fully saturated rings. The molecule has 0 saturated heterocycles. The molecule has 0 saturated carbocycles. The second-order valence-corrected chi connectivity index (χ2v) is 9.02. The number of hydrogen-bond donors (Lipinski definition) is 1. The number of carbonyl (C=O) groups is 1. The molecular formula is C31H27FN4O3. The number of benzene rings is 4. The molecule has 1 atom stereocenters. The third kappa shape index (κ3) is 5.36. The third-order valence-corrected chi connectivity index (χ3v) is 6.53. The quantitative estimate of drug-likeness (QED) is 0.271. The molecule has 4 aromatic carbocycles. The van der Waals surface area contributed by atoms with E-state index in [1.807, 2.05) is 49.4 Å². The first-order valence-corrected chi connectivity index (χ1v) is 12.5. The molecule has 1 unspecified atom stereocenters. The number of rotatable bonds is 7. The van der Waals surface area contributed by atoms with E-state index in [1.54, 1.807) is 41.3 Å². The lowest BCUT2D eigenvalue weighted by Gasteiger charge is -2.31. The minimum Gasteiger partial charge on any atom is -0.495 e. The number of nitrogens with zero attached hydrogens (tertiary/aromatic N) is 3. The van der Waals surface area contributed by atoms with E-state index in [2.05, 4.69) is 5.32 Å². The van der Waals surface area contributed by atoms with Crippen molar-refractivity contribution < 1.29 is 13.9 Å². The molecule has 1 N–H and O–H groups in total. The topological polar surface area (TPSA) is 76.5 Å². The zero-order valence-corrected chi connectivity index (χ0v) is 21.5. The predicted molar refractivity (Wildman–Crippen MR) is 150 cm³/mol. The number of nitrogens with one attached hydrogen (secondary N) is 1. The Hall–Kier alpha value is -4.98. The number of para-hydroxylation sites is 3. The zero-order valence-electron chi connectivity index (χ0n) is 21.5. The van der Waals surface area contributed by atoms with Gasteiger partial charge in [-0.05, 0) is 61.0 Å². The maximum atomic E-state index is 13.8. The standard InChI is InChI=1S/C31H27FN4O3/c1-21(29-33-26-13-7-6-12-25(26)30(37)36(29)24-18-16-23(32)17-19-24)35(20-22-10-4-3-5-11-22)31(38)34-27-14-8-9-15-28(27)39-2/h3-19,21H,20H2,1-2H3,(H,34,38). The Bertz CT molecular complexity index is 1670. The van der Waals surface area contributed by atoms with Gasteiger partial charge in [0.05, 0.1) is 35.4 Å². The number of amides is 2. The molecule has 0 radical (unpaired) electrons. The van der Waals surface area contributed by atoms with E-state index in [0.717, 1.165) is 5.56 Å². The number of aromatic nitrogens is 2. The summed E-state index contributed by atoms with van der Waals surface area (Å²) in [6, 6.07) is 28.3. The van der Waals surface area contributed by atoms with E-state index >= 15 is 0 Å². The molecule has 0 aliphatic heterocycles. The highest BCUT2D eigenvalue weighted by atomic mass is 19.1. The molecule has 0 aliphatic rings. The van der Waals surface area contributed by atoms with Crippen LogP contribution in [0.15, 0.2) is 108 Å². The molecule has 0 spiro atoms. The Balaban J connectivity index is 1.64. The summed E-state index contributed by atoms with van der Waals surface area (Å²) in [7, 11) is 1.54. The summed E-state index contributed by atoms with van der Waals surface area (Å²) in [6.45, 7) is 2.07. The first kappa shape index (κ1) is 25.7. The van der Waals surface area contributed by atoms with Gasteiger partial charge in [-0.2, -0.15) is 0 Å². The van der Waals surface area contributed by atoms with Crippen LogP contribution in [-0.4, -0.2) is 27.6 Å². The van der Waals surface area contributed by atoms with Gasteiger partial charge < -0.3 is 15.0 Å². The lowest BCUT2D eigenvalue weighted by atomic mass is 10.1. The molecular weight excluding hydrogens is 495 g/mol. The number of ether oxygens (including phenoxy) is 1. The van der Waals surface area contributed by atoms with Crippen LogP contribution in [0.4, 0.5) is 14.9 Å². The first-order valence-electron chi connectivity index (χ1n) is 12.5. The third-order valence-electron chi connectivity index (χ3n) is 6.53. The summed E-state index contributed by atoms with van der Waals surface area (Å²) < 4.78 is 20.6. The lowest BCUT2D eigenvalue weighted by Crippen LogP contribution is -2.39. The highest BCUT2D eigenvalue weighted by Gasteiger charge is 2.28. The Morgan fingerprint density at radius 1 is 0.949 bits per heavy atom. The first-order chi connectivity index (χ1) is 19.0. The Kier molecular flexibility index (Phi) is 7.36. The fourth-order valence-electron chi connectivity index (χ4n) is 4.51. The van der Waals surface area contributed by atoms with Crippen LogP contribution in [0.5, 0.6) is 5.75 Å². The number of fused-ring (bicyclic) bond motifs is 1. The predicted octanol–water partition coefficient (Wildman–Crippen LogP) is 6.33. The minimum absolute atomic E-state index is 0.245. The molecule has 0 aliphatic carbocycles. The number of anilines is 1. The summed E-state index contributed by atoms with van der Waals surface area (Å²) in [4.78, 5) is 34.0. The van der Waals surface area contributed by atoms with Gasteiger partial charge in [0.2, 0.25) is 0 Å². The minimum atomic E-state index is -0.665. The summed E-state index contributed by atoms with van der Waals surface area (Å²) in [5.41, 5.74) is 2.06. The van der Waals surface area contributed by atoms with Crippen LogP contribution in [0, 0.1) is 5.82 Å². The van der Waals surface area contributed by atoms with Crippen LogP contribution in [-0.2, 0) is 6.54 Å². The second kappa shape index (κ2) is 11.2. The van der Waals surface area contributed by atoms with Gasteiger partial charge in [0.25, 0.3) is 5.56 Å². The molecule has 5 aromatic rings. The number of urea groups is 1. The van der Waals surface area contributed by atoms with Crippen LogP contribution >= 0.6 is 0 Å². The molecule has 5 rings (SSSR count). The van der Waals surface area contributed by atoms with Gasteiger partial charge in [0, 0.05) is 6.54 Å². The van der Waals surface area contributed by atoms with Gasteiger partial charge in [-0.15, -0.1) is 0 Å². The number of methoxy groups -OCH3 is 1. The van der Waals surface area contributed by atoms with Gasteiger partial charge in [0.1, 0.15) is 17.4 Å². The number of carbonyl (C=O) groups excluding carboxylic acids is 1. The highest BCUT2D eigenvalue weighted by Crippen LogP contribution is 2.28. The SMILES string of the molecule is COc1ccccc1NC(=O)N(Cc1ccccc1)C(C)c1nc2ccccc2c(=O)n1-c1ccc(F)cc1. The number of halogens is 1. The van der Waals surface area contributed by atoms with Crippen LogP contribution < -0.4 is 15.6 Å². The van der Waals surface area contributed by atoms with Gasteiger partial charge >= 0.3 is 6.03 Å². The molecule has 0 bridgehead atoms. The molecule has 2 amide bonds. The highest BCUT2D eigenvalue weighted by molar-refractivity contribution is 5.91. The normalized spacial score (nSPS) is 11.7. The average Bonchev–Trinajstić information content (AvgIpc) is 2.97. The van der Waals surface area contributed by atoms with Crippen molar-refractivity contribution in [1.29, 1.82) is 0 Å². The smallest absolute Gasteiger partial charge is 0.322 e. The van der Waals surface area contributed by atoms with Crippen molar-refractivity contribution in [1.82, 2.24) is 14.5 Å². The molecule has 1 aromatic heterocycles. The largest absolute Gasteiger partial charge is 0.495 e. The lowest BCUT2D eigenvalue weighted by molar-refractivity contribution is 0.185. The van der Waals surface area contributed by atoms with E-state index in [4.69, 9.17) is 9.72 Å². The van der Waals surface area contributed by atoms with E-state index in [-0.39, 0.29) is 12.1 Å². The van der Waals surface area contributed by atoms with Gasteiger partial charge in [-0.25, -0.2) is 14.2 Å². The summed E-state index contributed by atoms with van der Waals surface area (Å²) in [6.07, 6.45) is 0. The average molecular weight is 523 g/mol. The monoisotopic (exact) mass is 522 g/mol. The molecule has 8 heteroatoms. The van der Waals surface area contributed by atoms with Crippen molar-refractivity contribution in [3.63, 3.8) is 0 Å². The van der Waals surface area contributed by atoms with Crippen molar-refractivity contribution >= 4 is 22.6 Å². The Labute approximate surface area is 225 Å². The van der Waals surface area contributed by atoms with E-state index in [0.29, 0.717) is 33.9 Å². The van der Waals surface area contributed by atoms with Gasteiger partial charge in [-0.1, -0.05) is 54.6 Å². The van der Waals surface area contributed by atoms with Crippen molar-refractivity contribution in [2.24, 2.45) is 0 Å². The van der Waals surface area contributed by atoms with Crippen LogP contribution in [0.1, 0.15) is 24.4 Å². The summed E-state index contributed by atoms with van der Waals surface area (Å²) in [5, 5.41) is 3.37. The van der Waals surface area contributed by atoms with Crippen molar-refractivity contribution in [3.05, 3.63) is 131 Å². The second-order valence-electron chi connectivity index (χ2n) is 9.02. The van der Waals surface area contributed by atoms with Crippen LogP contribution in [0.25, 0.3) is 16.6 Å². The van der Waals surface area contributed by atoms with E-state index in [1.165, 1.54) is 35.9 Å². The Morgan fingerprint density at radius 3 is 2.36 bits per heavy atom. The van der Waals surface area contributed by atoms with E-state index < -0.39 is 17.9 Å². The number of hydrogen-bond acceptors (Lipinski definition) is 4. The van der Waals surface area contributed by atoms with Crippen LogP contribution in [0.3, 0.4) is 0 Å². The maximum Gasteiger partial charge on any atom is 0.322 e. The Morgan fingerprint density at radius 2 is 1.62 bits per heavy atom. The van der Waals surface area contributed by atoms with Crippen molar-refractivity contribution in [2.45, 2.75) is 19.5 Å². The summed E-state index contributed by atoms with van der Waals surface area (Å²) >= 11 is 0.